The van der Waals surface area contributed by atoms with Crippen LogP contribution in [0.2, 0.25) is 0 Å². The molecule has 0 spiro atoms. The lowest BCUT2D eigenvalue weighted by Gasteiger charge is -2.15. The lowest BCUT2D eigenvalue weighted by molar-refractivity contribution is -0.137. The number of thiazole rings is 1. The number of alkyl halides is 3. The quantitative estimate of drug-likeness (QED) is 0.832. The molecule has 1 aromatic heterocycles. The van der Waals surface area contributed by atoms with Crippen LogP contribution >= 0.6 is 11.3 Å². The first-order valence-electron chi connectivity index (χ1n) is 5.18. The van der Waals surface area contributed by atoms with E-state index >= 15 is 0 Å². The molecule has 0 saturated heterocycles. The Morgan fingerprint density at radius 3 is 2.56 bits per heavy atom. The zero-order valence-electron chi connectivity index (χ0n) is 8.79. The van der Waals surface area contributed by atoms with E-state index in [1.807, 2.05) is 6.92 Å². The molecule has 1 saturated carbocycles. The van der Waals surface area contributed by atoms with Crippen molar-refractivity contribution in [2.75, 3.05) is 0 Å². The maximum Gasteiger partial charge on any atom is 0.443 e. The minimum absolute atomic E-state index is 0.0986. The smallest absolute Gasteiger partial charge is 0.327 e. The number of nitrogens with two attached hydrogens (primary N) is 1. The Labute approximate surface area is 95.7 Å². The molecule has 2 nitrogen and oxygen atoms in total. The van der Waals surface area contributed by atoms with E-state index in [0.717, 1.165) is 24.2 Å². The summed E-state index contributed by atoms with van der Waals surface area (Å²) in [6.07, 6.45) is -1.23. The molecule has 6 heteroatoms. The predicted octanol–water partition coefficient (Wildman–Crippen LogP) is 3.00. The minimum Gasteiger partial charge on any atom is -0.327 e. The highest BCUT2D eigenvalue weighted by Gasteiger charge is 2.37. The molecule has 3 unspecified atom stereocenters. The van der Waals surface area contributed by atoms with Gasteiger partial charge in [0.05, 0.1) is 0 Å². The average molecular weight is 250 g/mol. The number of rotatable bonds is 1. The van der Waals surface area contributed by atoms with Gasteiger partial charge in [-0.25, -0.2) is 4.98 Å². The van der Waals surface area contributed by atoms with Gasteiger partial charge in [0.15, 0.2) is 5.01 Å². The Balaban J connectivity index is 2.20. The van der Waals surface area contributed by atoms with Gasteiger partial charge in [-0.05, 0) is 24.7 Å². The van der Waals surface area contributed by atoms with Crippen LogP contribution in [-0.4, -0.2) is 11.0 Å². The van der Waals surface area contributed by atoms with E-state index in [1.165, 1.54) is 6.20 Å². The van der Waals surface area contributed by atoms with Crippen molar-refractivity contribution in [1.29, 1.82) is 0 Å². The highest BCUT2D eigenvalue weighted by molar-refractivity contribution is 7.11. The summed E-state index contributed by atoms with van der Waals surface area (Å²) in [6, 6.07) is 0.0986. The zero-order chi connectivity index (χ0) is 11.9. The lowest BCUT2D eigenvalue weighted by Crippen LogP contribution is -2.24. The third kappa shape index (κ3) is 2.08. The second kappa shape index (κ2) is 4.00. The maximum atomic E-state index is 12.4. The van der Waals surface area contributed by atoms with Crippen molar-refractivity contribution in [2.24, 2.45) is 11.7 Å². The highest BCUT2D eigenvalue weighted by atomic mass is 32.1. The number of nitrogens with zero attached hydrogens (tertiary/aromatic N) is 1. The van der Waals surface area contributed by atoms with E-state index < -0.39 is 11.2 Å². The fourth-order valence-corrected chi connectivity index (χ4v) is 3.22. The Hall–Kier alpha value is -0.620. The van der Waals surface area contributed by atoms with Gasteiger partial charge in [0, 0.05) is 17.1 Å². The molecule has 1 aliphatic rings. The summed E-state index contributed by atoms with van der Waals surface area (Å²) in [7, 11) is 0. The molecule has 1 heterocycles. The minimum atomic E-state index is -4.33. The third-order valence-corrected chi connectivity index (χ3v) is 4.43. The molecule has 90 valence electrons. The van der Waals surface area contributed by atoms with Gasteiger partial charge in [0.1, 0.15) is 0 Å². The van der Waals surface area contributed by atoms with E-state index in [2.05, 4.69) is 4.98 Å². The van der Waals surface area contributed by atoms with Crippen LogP contribution in [0.5, 0.6) is 0 Å². The van der Waals surface area contributed by atoms with Gasteiger partial charge in [0.25, 0.3) is 0 Å². The van der Waals surface area contributed by atoms with Crippen LogP contribution in [0.3, 0.4) is 0 Å². The molecule has 0 amide bonds. The highest BCUT2D eigenvalue weighted by Crippen LogP contribution is 2.43. The normalized spacial score (nSPS) is 30.9. The number of hydrogen-bond donors (Lipinski definition) is 1. The largest absolute Gasteiger partial charge is 0.443 e. The Morgan fingerprint density at radius 2 is 2.12 bits per heavy atom. The molecule has 2 rings (SSSR count). The SMILES string of the molecule is CC1C(N)CCC1c1cnc(C(F)(F)F)s1. The van der Waals surface area contributed by atoms with Crippen molar-refractivity contribution in [1.82, 2.24) is 4.98 Å². The molecule has 3 atom stereocenters. The maximum absolute atomic E-state index is 12.4. The van der Waals surface area contributed by atoms with Crippen LogP contribution in [0.4, 0.5) is 13.2 Å². The van der Waals surface area contributed by atoms with Gasteiger partial charge in [-0.3, -0.25) is 0 Å². The Kier molecular flexibility index (Phi) is 2.96. The first-order valence-corrected chi connectivity index (χ1v) is 5.99. The molecule has 2 N–H and O–H groups in total. The van der Waals surface area contributed by atoms with E-state index in [9.17, 15) is 13.2 Å². The summed E-state index contributed by atoms with van der Waals surface area (Å²) in [6.45, 7) is 2.00. The lowest BCUT2D eigenvalue weighted by atomic mass is 9.95. The topological polar surface area (TPSA) is 38.9 Å². The van der Waals surface area contributed by atoms with Crippen molar-refractivity contribution in [3.63, 3.8) is 0 Å². The molecule has 0 aliphatic heterocycles. The van der Waals surface area contributed by atoms with Gasteiger partial charge < -0.3 is 5.73 Å². The molecule has 0 radical (unpaired) electrons. The van der Waals surface area contributed by atoms with Gasteiger partial charge in [-0.15, -0.1) is 11.3 Å². The van der Waals surface area contributed by atoms with E-state index in [-0.39, 0.29) is 17.9 Å². The first-order chi connectivity index (χ1) is 7.39. The van der Waals surface area contributed by atoms with Crippen molar-refractivity contribution in [2.45, 2.75) is 37.9 Å². The number of aromatic nitrogens is 1. The standard InChI is InChI=1S/C10H13F3N2S/c1-5-6(2-3-7(5)14)8-4-15-9(16-8)10(11,12)13/h4-7H,2-3,14H2,1H3. The van der Waals surface area contributed by atoms with Crippen molar-refractivity contribution < 1.29 is 13.2 Å². The Morgan fingerprint density at radius 1 is 1.44 bits per heavy atom. The van der Waals surface area contributed by atoms with Gasteiger partial charge in [0.2, 0.25) is 0 Å². The number of hydrogen-bond acceptors (Lipinski definition) is 3. The molecule has 0 aromatic carbocycles. The number of halogens is 3. The van der Waals surface area contributed by atoms with E-state index in [4.69, 9.17) is 5.73 Å². The molecule has 1 aliphatic carbocycles. The van der Waals surface area contributed by atoms with E-state index in [0.29, 0.717) is 4.88 Å². The van der Waals surface area contributed by atoms with Gasteiger partial charge >= 0.3 is 6.18 Å². The second-order valence-electron chi connectivity index (χ2n) is 4.27. The van der Waals surface area contributed by atoms with E-state index in [1.54, 1.807) is 0 Å². The van der Waals surface area contributed by atoms with Gasteiger partial charge in [-0.1, -0.05) is 6.92 Å². The summed E-state index contributed by atoms with van der Waals surface area (Å²) in [5.41, 5.74) is 5.86. The fourth-order valence-electron chi connectivity index (χ4n) is 2.19. The van der Waals surface area contributed by atoms with Gasteiger partial charge in [-0.2, -0.15) is 13.2 Å². The summed E-state index contributed by atoms with van der Waals surface area (Å²) < 4.78 is 37.2. The molecule has 1 fully saturated rings. The van der Waals surface area contributed by atoms with Crippen LogP contribution in [0.25, 0.3) is 0 Å². The second-order valence-corrected chi connectivity index (χ2v) is 5.33. The van der Waals surface area contributed by atoms with Crippen molar-refractivity contribution >= 4 is 11.3 Å². The van der Waals surface area contributed by atoms with Crippen LogP contribution in [0.15, 0.2) is 6.20 Å². The third-order valence-electron chi connectivity index (χ3n) is 3.25. The molecule has 0 bridgehead atoms. The zero-order valence-corrected chi connectivity index (χ0v) is 9.61. The average Bonchev–Trinajstić information content (AvgIpc) is 2.74. The monoisotopic (exact) mass is 250 g/mol. The summed E-state index contributed by atoms with van der Waals surface area (Å²) >= 11 is 0.751. The van der Waals surface area contributed by atoms with Crippen LogP contribution < -0.4 is 5.73 Å². The summed E-state index contributed by atoms with van der Waals surface area (Å²) in [5, 5.41) is -0.754. The first kappa shape index (κ1) is 11.9. The van der Waals surface area contributed by atoms with Crippen molar-refractivity contribution in [3.8, 4) is 0 Å². The molecule has 1 aromatic rings. The van der Waals surface area contributed by atoms with Crippen LogP contribution in [0, 0.1) is 5.92 Å². The predicted molar refractivity (Wildman–Crippen MR) is 56.2 cm³/mol. The van der Waals surface area contributed by atoms with Crippen LogP contribution in [0.1, 0.15) is 35.6 Å². The summed E-state index contributed by atoms with van der Waals surface area (Å²) in [4.78, 5) is 4.16. The molecular formula is C10H13F3N2S. The fraction of sp³-hybridized carbons (Fsp3) is 0.700. The van der Waals surface area contributed by atoms with Crippen molar-refractivity contribution in [3.05, 3.63) is 16.1 Å². The molecule has 16 heavy (non-hydrogen) atoms. The Bertz CT molecular complexity index is 374. The molecular weight excluding hydrogens is 237 g/mol. The van der Waals surface area contributed by atoms with Crippen LogP contribution in [-0.2, 0) is 6.18 Å². The summed E-state index contributed by atoms with van der Waals surface area (Å²) in [5.74, 6) is 0.380.